The van der Waals surface area contributed by atoms with E-state index in [2.05, 4.69) is 10.6 Å². The molecule has 0 saturated carbocycles. The average molecular weight is 160 g/mol. The largest absolute Gasteiger partial charge is 0.465 e. The summed E-state index contributed by atoms with van der Waals surface area (Å²) in [6.45, 7) is 0.720. The van der Waals surface area contributed by atoms with Gasteiger partial charge in [-0.2, -0.15) is 0 Å². The molecule has 1 aliphatic rings. The van der Waals surface area contributed by atoms with E-state index in [1.165, 1.54) is 11.8 Å². The normalized spacial score (nSPS) is 24.2. The predicted molar refractivity (Wildman–Crippen MR) is 39.7 cm³/mol. The molecule has 4 nitrogen and oxygen atoms in total. The summed E-state index contributed by atoms with van der Waals surface area (Å²) in [4.78, 5) is 10.1. The van der Waals surface area contributed by atoms with Gasteiger partial charge in [-0.1, -0.05) is 17.8 Å². The van der Waals surface area contributed by atoms with Crippen LogP contribution in [0, 0.1) is 0 Å². The quantitative estimate of drug-likeness (QED) is 0.519. The Bertz CT molecular complexity index is 160. The van der Waals surface area contributed by atoms with Crippen LogP contribution in [0.2, 0.25) is 0 Å². The van der Waals surface area contributed by atoms with Crippen molar-refractivity contribution in [2.24, 2.45) is 0 Å². The number of rotatable bonds is 1. The molecule has 0 fully saturated rings. The number of hydrogen-bond acceptors (Lipinski definition) is 3. The van der Waals surface area contributed by atoms with Crippen molar-refractivity contribution in [2.45, 2.75) is 5.50 Å². The van der Waals surface area contributed by atoms with Crippen molar-refractivity contribution in [3.05, 3.63) is 11.5 Å². The lowest BCUT2D eigenvalue weighted by molar-refractivity contribution is 0.192. The molecule has 0 saturated heterocycles. The molecule has 0 spiro atoms. The summed E-state index contributed by atoms with van der Waals surface area (Å²) >= 11 is 1.41. The maximum Gasteiger partial charge on any atom is 0.406 e. The second kappa shape index (κ2) is 3.48. The Morgan fingerprint density at radius 3 is 3.20 bits per heavy atom. The van der Waals surface area contributed by atoms with Gasteiger partial charge in [-0.05, 0) is 5.41 Å². The van der Waals surface area contributed by atoms with Crippen LogP contribution in [0.25, 0.3) is 0 Å². The standard InChI is InChI=1S/C5H8N2O2S/c8-5(9)7-4-6-2-1-3-10-4/h1,3-4,6-7H,2H2,(H,8,9). The van der Waals surface area contributed by atoms with E-state index in [-0.39, 0.29) is 5.50 Å². The van der Waals surface area contributed by atoms with Gasteiger partial charge in [0.05, 0.1) is 0 Å². The minimum Gasteiger partial charge on any atom is -0.465 e. The SMILES string of the molecule is O=C(O)NC1NCC=CS1. The second-order valence-corrected chi connectivity index (χ2v) is 2.76. The lowest BCUT2D eigenvalue weighted by Gasteiger charge is -2.17. The average Bonchev–Trinajstić information content (AvgIpc) is 1.88. The highest BCUT2D eigenvalue weighted by Gasteiger charge is 2.10. The van der Waals surface area contributed by atoms with Crippen LogP contribution < -0.4 is 10.6 Å². The van der Waals surface area contributed by atoms with E-state index < -0.39 is 6.09 Å². The van der Waals surface area contributed by atoms with Gasteiger partial charge in [-0.25, -0.2) is 4.79 Å². The van der Waals surface area contributed by atoms with E-state index in [4.69, 9.17) is 5.11 Å². The first-order valence-electron chi connectivity index (χ1n) is 2.82. The fourth-order valence-corrected chi connectivity index (χ4v) is 1.33. The molecule has 1 amide bonds. The molecule has 0 aliphatic carbocycles. The van der Waals surface area contributed by atoms with Crippen molar-refractivity contribution in [1.29, 1.82) is 0 Å². The van der Waals surface area contributed by atoms with Crippen LogP contribution in [-0.4, -0.2) is 23.2 Å². The Balaban J connectivity index is 2.28. The van der Waals surface area contributed by atoms with E-state index in [1.54, 1.807) is 0 Å². The van der Waals surface area contributed by atoms with E-state index in [0.29, 0.717) is 0 Å². The first-order valence-corrected chi connectivity index (χ1v) is 3.76. The van der Waals surface area contributed by atoms with Crippen LogP contribution >= 0.6 is 11.8 Å². The van der Waals surface area contributed by atoms with E-state index in [9.17, 15) is 4.79 Å². The summed E-state index contributed by atoms with van der Waals surface area (Å²) in [6, 6.07) is 0. The molecular formula is C5H8N2O2S. The summed E-state index contributed by atoms with van der Waals surface area (Å²) in [5.74, 6) is 0. The minimum absolute atomic E-state index is 0.192. The molecule has 5 heteroatoms. The third-order valence-electron chi connectivity index (χ3n) is 0.987. The minimum atomic E-state index is -1.000. The maximum atomic E-state index is 10.1. The van der Waals surface area contributed by atoms with Crippen LogP contribution in [0.3, 0.4) is 0 Å². The van der Waals surface area contributed by atoms with E-state index in [0.717, 1.165) is 6.54 Å². The van der Waals surface area contributed by atoms with Gasteiger partial charge in [-0.15, -0.1) is 0 Å². The van der Waals surface area contributed by atoms with Crippen LogP contribution in [0.1, 0.15) is 0 Å². The molecule has 3 N–H and O–H groups in total. The summed E-state index contributed by atoms with van der Waals surface area (Å²) in [6.07, 6.45) is 0.935. The molecule has 1 rings (SSSR count). The molecular weight excluding hydrogens is 152 g/mol. The molecule has 1 aliphatic heterocycles. The highest BCUT2D eigenvalue weighted by molar-refractivity contribution is 8.02. The first kappa shape index (κ1) is 7.43. The predicted octanol–water partition coefficient (Wildman–Crippen LogP) is 0.388. The fourth-order valence-electron chi connectivity index (χ4n) is 0.603. The molecule has 0 aromatic rings. The monoisotopic (exact) mass is 160 g/mol. The Morgan fingerprint density at radius 2 is 2.70 bits per heavy atom. The number of nitrogens with one attached hydrogen (secondary N) is 2. The number of thioether (sulfide) groups is 1. The number of carbonyl (C=O) groups is 1. The van der Waals surface area contributed by atoms with Gasteiger partial charge in [0.25, 0.3) is 0 Å². The molecule has 0 aromatic heterocycles. The second-order valence-electron chi connectivity index (χ2n) is 1.75. The van der Waals surface area contributed by atoms with Crippen molar-refractivity contribution in [3.63, 3.8) is 0 Å². The van der Waals surface area contributed by atoms with Crippen LogP contribution in [0.4, 0.5) is 4.79 Å². The van der Waals surface area contributed by atoms with Crippen molar-refractivity contribution < 1.29 is 9.90 Å². The van der Waals surface area contributed by atoms with Gasteiger partial charge in [0.1, 0.15) is 5.50 Å². The van der Waals surface area contributed by atoms with Gasteiger partial charge in [-0.3, -0.25) is 10.6 Å². The molecule has 1 heterocycles. The third-order valence-corrected chi connectivity index (χ3v) is 1.89. The lowest BCUT2D eigenvalue weighted by atomic mass is 10.6. The number of carboxylic acid groups (broad SMARTS) is 1. The Labute approximate surface area is 62.7 Å². The maximum absolute atomic E-state index is 10.1. The van der Waals surface area contributed by atoms with E-state index in [1.807, 2.05) is 11.5 Å². The zero-order valence-corrected chi connectivity index (χ0v) is 6.02. The van der Waals surface area contributed by atoms with Crippen molar-refractivity contribution in [3.8, 4) is 0 Å². The summed E-state index contributed by atoms with van der Waals surface area (Å²) in [7, 11) is 0. The van der Waals surface area contributed by atoms with Crippen molar-refractivity contribution in [2.75, 3.05) is 6.54 Å². The van der Waals surface area contributed by atoms with Gasteiger partial charge >= 0.3 is 6.09 Å². The van der Waals surface area contributed by atoms with Crippen LogP contribution in [0.5, 0.6) is 0 Å². The summed E-state index contributed by atoms with van der Waals surface area (Å²) in [5.41, 5.74) is -0.192. The van der Waals surface area contributed by atoms with Gasteiger partial charge in [0.2, 0.25) is 0 Å². The number of hydrogen-bond donors (Lipinski definition) is 3. The van der Waals surface area contributed by atoms with Crippen LogP contribution in [-0.2, 0) is 0 Å². The smallest absolute Gasteiger partial charge is 0.406 e. The van der Waals surface area contributed by atoms with E-state index >= 15 is 0 Å². The van der Waals surface area contributed by atoms with Gasteiger partial charge in [0.15, 0.2) is 0 Å². The molecule has 0 aromatic carbocycles. The molecule has 1 atom stereocenters. The van der Waals surface area contributed by atoms with Crippen molar-refractivity contribution in [1.82, 2.24) is 10.6 Å². The Morgan fingerprint density at radius 1 is 1.90 bits per heavy atom. The zero-order chi connectivity index (χ0) is 7.40. The number of amides is 1. The molecule has 56 valence electrons. The van der Waals surface area contributed by atoms with Crippen LogP contribution in [0.15, 0.2) is 11.5 Å². The summed E-state index contributed by atoms with van der Waals surface area (Å²) in [5, 5.41) is 15.4. The molecule has 1 unspecified atom stereocenters. The zero-order valence-electron chi connectivity index (χ0n) is 5.20. The lowest BCUT2D eigenvalue weighted by Crippen LogP contribution is -2.43. The van der Waals surface area contributed by atoms with Gasteiger partial charge in [0, 0.05) is 6.54 Å². The highest BCUT2D eigenvalue weighted by Crippen LogP contribution is 2.09. The Hall–Kier alpha value is -0.680. The molecule has 0 bridgehead atoms. The topological polar surface area (TPSA) is 61.4 Å². The third kappa shape index (κ3) is 2.28. The fraction of sp³-hybridized carbons (Fsp3) is 0.400. The van der Waals surface area contributed by atoms with Crippen molar-refractivity contribution >= 4 is 17.9 Å². The first-order chi connectivity index (χ1) is 4.79. The summed E-state index contributed by atoms with van der Waals surface area (Å²) < 4.78 is 0. The Kier molecular flexibility index (Phi) is 2.58. The molecule has 0 radical (unpaired) electrons. The molecule has 10 heavy (non-hydrogen) atoms. The highest BCUT2D eigenvalue weighted by atomic mass is 32.2. The van der Waals surface area contributed by atoms with Gasteiger partial charge < -0.3 is 5.11 Å².